The molecule has 3 nitrogen and oxygen atoms in total. The van der Waals surface area contributed by atoms with E-state index in [1.54, 1.807) is 0 Å². The molecule has 0 N–H and O–H groups in total. The van der Waals surface area contributed by atoms with Crippen molar-refractivity contribution in [3.8, 4) is 28.1 Å². The second kappa shape index (κ2) is 12.6. The van der Waals surface area contributed by atoms with Gasteiger partial charge in [0.1, 0.15) is 4.83 Å². The smallest absolute Gasteiger partial charge is 0.161 e. The molecule has 0 amide bonds. The summed E-state index contributed by atoms with van der Waals surface area (Å²) in [5, 5.41) is 5.04. The Labute approximate surface area is 325 Å². The van der Waals surface area contributed by atoms with Crippen LogP contribution >= 0.6 is 11.3 Å². The van der Waals surface area contributed by atoms with E-state index in [0.717, 1.165) is 44.4 Å². The molecule has 2 aliphatic rings. The Kier molecular flexibility index (Phi) is 7.62. The predicted octanol–water partition coefficient (Wildman–Crippen LogP) is 13.7. The highest BCUT2D eigenvalue weighted by atomic mass is 32.1. The molecule has 0 saturated carbocycles. The maximum atomic E-state index is 5.30. The van der Waals surface area contributed by atoms with Crippen LogP contribution in [0.2, 0.25) is 0 Å². The van der Waals surface area contributed by atoms with Crippen LogP contribution in [0.15, 0.2) is 176 Å². The number of thiophene rings is 1. The van der Waals surface area contributed by atoms with Gasteiger partial charge < -0.3 is 4.57 Å². The molecule has 0 saturated heterocycles. The van der Waals surface area contributed by atoms with Crippen molar-refractivity contribution in [1.29, 1.82) is 0 Å². The van der Waals surface area contributed by atoms with E-state index in [0.29, 0.717) is 5.82 Å². The molecule has 55 heavy (non-hydrogen) atoms. The van der Waals surface area contributed by atoms with Gasteiger partial charge in [-0.3, -0.25) is 0 Å². The maximum Gasteiger partial charge on any atom is 0.161 e. The van der Waals surface area contributed by atoms with Gasteiger partial charge in [0.2, 0.25) is 0 Å². The molecule has 3 aromatic heterocycles. The lowest BCUT2D eigenvalue weighted by atomic mass is 9.74. The van der Waals surface area contributed by atoms with Crippen molar-refractivity contribution in [2.45, 2.75) is 26.2 Å². The molecule has 10 rings (SSSR count). The average molecular weight is 726 g/mol. The molecule has 1 aliphatic carbocycles. The van der Waals surface area contributed by atoms with Crippen molar-refractivity contribution in [2.24, 2.45) is 5.92 Å². The van der Waals surface area contributed by atoms with E-state index >= 15 is 0 Å². The first-order valence-corrected chi connectivity index (χ1v) is 19.7. The lowest BCUT2D eigenvalue weighted by Crippen LogP contribution is -2.26. The van der Waals surface area contributed by atoms with E-state index in [1.807, 2.05) is 35.6 Å². The van der Waals surface area contributed by atoms with Crippen LogP contribution in [0.4, 0.5) is 0 Å². The third kappa shape index (κ3) is 5.32. The molecule has 5 aromatic carbocycles. The highest BCUT2D eigenvalue weighted by Gasteiger charge is 2.36. The SMILES string of the molecule is C=C1C=CC(C)/C=C\C(=C)/C(c2nc(-c3cccc(-c4ccc5c(c4)C(C)(C)c4cccc6c7c8ccccc8sc7n-5c46)c3)c3ccccc3n2)=C\C=C/1. The Bertz CT molecular complexity index is 3070. The van der Waals surface area contributed by atoms with Gasteiger partial charge >= 0.3 is 0 Å². The van der Waals surface area contributed by atoms with Gasteiger partial charge in [0.25, 0.3) is 0 Å². The summed E-state index contributed by atoms with van der Waals surface area (Å²) in [6.07, 6.45) is 14.5. The van der Waals surface area contributed by atoms with Crippen LogP contribution in [0.3, 0.4) is 0 Å². The van der Waals surface area contributed by atoms with Crippen LogP contribution < -0.4 is 0 Å². The van der Waals surface area contributed by atoms with Gasteiger partial charge in [0.05, 0.1) is 22.4 Å². The molecule has 264 valence electrons. The summed E-state index contributed by atoms with van der Waals surface area (Å²) >= 11 is 1.89. The third-order valence-electron chi connectivity index (χ3n) is 11.3. The molecular weight excluding hydrogens is 687 g/mol. The number of fused-ring (bicyclic) bond motifs is 8. The predicted molar refractivity (Wildman–Crippen MR) is 235 cm³/mol. The molecule has 0 fully saturated rings. The monoisotopic (exact) mass is 725 g/mol. The van der Waals surface area contributed by atoms with E-state index in [-0.39, 0.29) is 11.3 Å². The number of hydrogen-bond acceptors (Lipinski definition) is 3. The zero-order valence-corrected chi connectivity index (χ0v) is 32.0. The quantitative estimate of drug-likeness (QED) is 0.182. The summed E-state index contributed by atoms with van der Waals surface area (Å²) in [4.78, 5) is 11.7. The molecule has 1 atom stereocenters. The van der Waals surface area contributed by atoms with Crippen molar-refractivity contribution >= 4 is 59.0 Å². The van der Waals surface area contributed by atoms with Crippen LogP contribution in [0.5, 0.6) is 0 Å². The fraction of sp³-hybridized carbons (Fsp3) is 0.0980. The van der Waals surface area contributed by atoms with Gasteiger partial charge in [0.15, 0.2) is 5.82 Å². The van der Waals surface area contributed by atoms with E-state index < -0.39 is 0 Å². The van der Waals surface area contributed by atoms with Gasteiger partial charge in [-0.1, -0.05) is 155 Å². The van der Waals surface area contributed by atoms with E-state index in [1.165, 1.54) is 53.6 Å². The highest BCUT2D eigenvalue weighted by molar-refractivity contribution is 7.25. The summed E-state index contributed by atoms with van der Waals surface area (Å²) in [5.41, 5.74) is 12.9. The Balaban J connectivity index is 1.11. The van der Waals surface area contributed by atoms with Gasteiger partial charge in [-0.05, 0) is 69.6 Å². The number of aromatic nitrogens is 3. The third-order valence-corrected chi connectivity index (χ3v) is 12.5. The van der Waals surface area contributed by atoms with Crippen molar-refractivity contribution in [3.63, 3.8) is 0 Å². The van der Waals surface area contributed by atoms with Crippen molar-refractivity contribution < 1.29 is 0 Å². The zero-order valence-electron chi connectivity index (χ0n) is 31.2. The Hall–Kier alpha value is -6.36. The highest BCUT2D eigenvalue weighted by Crippen LogP contribution is 2.51. The fourth-order valence-electron chi connectivity index (χ4n) is 8.44. The first-order valence-electron chi connectivity index (χ1n) is 18.9. The Morgan fingerprint density at radius 3 is 2.33 bits per heavy atom. The second-order valence-electron chi connectivity index (χ2n) is 15.3. The first-order chi connectivity index (χ1) is 26.8. The number of nitrogens with zero attached hydrogens (tertiary/aromatic N) is 3. The number of para-hydroxylation sites is 2. The van der Waals surface area contributed by atoms with Gasteiger partial charge in [-0.15, -0.1) is 11.3 Å². The molecule has 8 aromatic rings. The van der Waals surface area contributed by atoms with Crippen LogP contribution in [0, 0.1) is 5.92 Å². The van der Waals surface area contributed by atoms with Crippen molar-refractivity contribution in [1.82, 2.24) is 14.5 Å². The molecule has 0 spiro atoms. The zero-order chi connectivity index (χ0) is 37.4. The van der Waals surface area contributed by atoms with E-state index in [9.17, 15) is 0 Å². The van der Waals surface area contributed by atoms with Gasteiger partial charge in [0, 0.05) is 42.8 Å². The fourth-order valence-corrected chi connectivity index (χ4v) is 9.68. The Morgan fingerprint density at radius 2 is 1.44 bits per heavy atom. The lowest BCUT2D eigenvalue weighted by Gasteiger charge is -2.35. The first kappa shape index (κ1) is 33.2. The molecule has 1 unspecified atom stereocenters. The minimum absolute atomic E-state index is 0.194. The van der Waals surface area contributed by atoms with Crippen LogP contribution in [-0.4, -0.2) is 14.5 Å². The second-order valence-corrected chi connectivity index (χ2v) is 16.3. The maximum absolute atomic E-state index is 5.30. The lowest BCUT2D eigenvalue weighted by molar-refractivity contribution is 0.630. The average Bonchev–Trinajstić information content (AvgIpc) is 3.74. The van der Waals surface area contributed by atoms with Crippen molar-refractivity contribution in [3.05, 3.63) is 193 Å². The number of rotatable bonds is 3. The minimum atomic E-state index is -0.194. The molecule has 4 heterocycles. The van der Waals surface area contributed by atoms with Gasteiger partial charge in [-0.25, -0.2) is 9.97 Å². The van der Waals surface area contributed by atoms with Crippen LogP contribution in [-0.2, 0) is 5.41 Å². The van der Waals surface area contributed by atoms with Crippen molar-refractivity contribution in [2.75, 3.05) is 0 Å². The number of benzene rings is 5. The summed E-state index contributed by atoms with van der Waals surface area (Å²) in [6.45, 7) is 15.5. The number of hydrogen-bond donors (Lipinski definition) is 0. The van der Waals surface area contributed by atoms with Gasteiger partial charge in [-0.2, -0.15) is 0 Å². The van der Waals surface area contributed by atoms with E-state index in [2.05, 4.69) is 166 Å². The molecule has 0 radical (unpaired) electrons. The van der Waals surface area contributed by atoms with Crippen LogP contribution in [0.25, 0.3) is 75.8 Å². The van der Waals surface area contributed by atoms with Crippen LogP contribution in [0.1, 0.15) is 37.7 Å². The molecule has 4 heteroatoms. The molecule has 0 bridgehead atoms. The minimum Gasteiger partial charge on any atom is -0.300 e. The Morgan fingerprint density at radius 1 is 0.691 bits per heavy atom. The summed E-state index contributed by atoms with van der Waals surface area (Å²) in [6, 6.07) is 39.8. The topological polar surface area (TPSA) is 30.7 Å². The molecular formula is C51H39N3S. The summed E-state index contributed by atoms with van der Waals surface area (Å²) in [5.74, 6) is 0.880. The largest absolute Gasteiger partial charge is 0.300 e. The summed E-state index contributed by atoms with van der Waals surface area (Å²) in [7, 11) is 0. The standard InChI is InChI=1S/C51H39N3S/c1-31-13-10-18-37(33(3)26-25-32(2)24-23-31)49-52-43-21-8-6-16-38(43)47(53-49)36-15-11-14-34(29-36)35-27-28-44-42(30-35)51(4,5)41-20-12-19-40-46-39-17-7-9-22-45(39)55-50(46)54(44)48(40)41/h6-30,32H,1,3H2,2,4-5H3/b13-10-,24-23?,26-25-,37-18+. The summed E-state index contributed by atoms with van der Waals surface area (Å²) < 4.78 is 3.85. The number of allylic oxidation sites excluding steroid dienone is 10. The normalized spacial score (nSPS) is 18.7. The molecule has 1 aliphatic heterocycles. The van der Waals surface area contributed by atoms with E-state index in [4.69, 9.17) is 9.97 Å².